The molecule has 0 unspecified atom stereocenters. The zero-order chi connectivity index (χ0) is 20.5. The average Bonchev–Trinajstić information content (AvgIpc) is 2.78. The highest BCUT2D eigenvalue weighted by molar-refractivity contribution is 7.48. The predicted octanol–water partition coefficient (Wildman–Crippen LogP) is 5.43. The zero-order valence-electron chi connectivity index (χ0n) is 15.9. The Bertz CT molecular complexity index is 928. The Morgan fingerprint density at radius 3 is 1.83 bits per heavy atom. The molecule has 0 fully saturated rings. The van der Waals surface area contributed by atoms with Crippen LogP contribution in [-0.2, 0) is 26.8 Å². The Balaban J connectivity index is 1.83. The van der Waals surface area contributed by atoms with Crippen LogP contribution >= 0.6 is 7.82 Å². The molecule has 0 bridgehead atoms. The molecule has 150 valence electrons. The van der Waals surface area contributed by atoms with Gasteiger partial charge in [-0.2, -0.15) is 0 Å². The Morgan fingerprint density at radius 2 is 1.34 bits per heavy atom. The van der Waals surface area contributed by atoms with Crippen molar-refractivity contribution in [1.29, 1.82) is 0 Å². The van der Waals surface area contributed by atoms with Crippen LogP contribution in [0.1, 0.15) is 21.5 Å². The van der Waals surface area contributed by atoms with Gasteiger partial charge in [0.25, 0.3) is 0 Å². The second-order valence-corrected chi connectivity index (χ2v) is 7.68. The smallest absolute Gasteiger partial charge is 0.493 e. The van der Waals surface area contributed by atoms with Gasteiger partial charge >= 0.3 is 7.82 Å². The summed E-state index contributed by atoms with van der Waals surface area (Å²) in [5.41, 5.74) is 1.97. The molecule has 0 aliphatic heterocycles. The van der Waals surface area contributed by atoms with Gasteiger partial charge in [0.1, 0.15) is 6.29 Å². The first-order valence-electron chi connectivity index (χ1n) is 8.92. The molecule has 0 amide bonds. The predicted molar refractivity (Wildman–Crippen MR) is 109 cm³/mol. The molecule has 6 nitrogen and oxygen atoms in total. The van der Waals surface area contributed by atoms with Crippen LogP contribution in [-0.4, -0.2) is 13.4 Å². The number of phosphoric acid groups is 1. The van der Waals surface area contributed by atoms with Gasteiger partial charge in [0.05, 0.1) is 20.3 Å². The van der Waals surface area contributed by atoms with Crippen LogP contribution in [0.15, 0.2) is 78.9 Å². The fraction of sp³-hybridized carbons (Fsp3) is 0.136. The molecule has 0 radical (unpaired) electrons. The van der Waals surface area contributed by atoms with Crippen molar-refractivity contribution in [3.8, 4) is 11.5 Å². The number of aldehydes is 1. The fourth-order valence-electron chi connectivity index (χ4n) is 2.50. The first-order chi connectivity index (χ1) is 14.1. The number of ether oxygens (including phenoxy) is 1. The van der Waals surface area contributed by atoms with Crippen LogP contribution in [0, 0.1) is 0 Å². The quantitative estimate of drug-likeness (QED) is 0.327. The summed E-state index contributed by atoms with van der Waals surface area (Å²) in [4.78, 5) is 11.1. The molecule has 29 heavy (non-hydrogen) atoms. The van der Waals surface area contributed by atoms with Gasteiger partial charge in [0, 0.05) is 5.56 Å². The van der Waals surface area contributed by atoms with Crippen molar-refractivity contribution < 1.29 is 27.7 Å². The molecule has 0 heterocycles. The number of rotatable bonds is 10. The van der Waals surface area contributed by atoms with Gasteiger partial charge in [-0.05, 0) is 29.3 Å². The summed E-state index contributed by atoms with van der Waals surface area (Å²) >= 11 is 0. The van der Waals surface area contributed by atoms with E-state index < -0.39 is 7.82 Å². The molecule has 3 rings (SSSR count). The number of hydrogen-bond donors (Lipinski definition) is 0. The maximum absolute atomic E-state index is 13.4. The third-order valence-electron chi connectivity index (χ3n) is 4.00. The first-order valence-corrected chi connectivity index (χ1v) is 10.4. The highest BCUT2D eigenvalue weighted by atomic mass is 31.2. The Hall–Kier alpha value is -2.92. The van der Waals surface area contributed by atoms with E-state index in [1.54, 1.807) is 12.1 Å². The van der Waals surface area contributed by atoms with E-state index in [4.69, 9.17) is 18.3 Å². The molecular formula is C22H21O6P. The summed E-state index contributed by atoms with van der Waals surface area (Å²) in [7, 11) is -2.59. The second kappa shape index (κ2) is 10.0. The van der Waals surface area contributed by atoms with Crippen LogP contribution in [0.4, 0.5) is 0 Å². The number of carbonyl (C=O) groups is 1. The number of benzene rings is 3. The molecule has 3 aromatic rings. The molecule has 0 saturated heterocycles. The molecule has 0 spiro atoms. The van der Waals surface area contributed by atoms with Gasteiger partial charge in [-0.3, -0.25) is 13.8 Å². The normalized spacial score (nSPS) is 11.1. The van der Waals surface area contributed by atoms with E-state index in [-0.39, 0.29) is 19.0 Å². The third kappa shape index (κ3) is 6.03. The van der Waals surface area contributed by atoms with Crippen molar-refractivity contribution in [2.45, 2.75) is 13.2 Å². The van der Waals surface area contributed by atoms with Crippen molar-refractivity contribution >= 4 is 14.1 Å². The summed E-state index contributed by atoms with van der Waals surface area (Å²) in [6, 6.07) is 23.1. The van der Waals surface area contributed by atoms with E-state index in [1.807, 2.05) is 60.7 Å². The topological polar surface area (TPSA) is 71.1 Å². The lowest BCUT2D eigenvalue weighted by Crippen LogP contribution is -2.05. The fourth-order valence-corrected chi connectivity index (χ4v) is 3.68. The van der Waals surface area contributed by atoms with Gasteiger partial charge in [0.15, 0.2) is 11.5 Å². The Labute approximate surface area is 169 Å². The number of phosphoric ester groups is 1. The highest BCUT2D eigenvalue weighted by Gasteiger charge is 2.30. The van der Waals surface area contributed by atoms with Crippen molar-refractivity contribution in [3.63, 3.8) is 0 Å². The minimum atomic E-state index is -4.04. The van der Waals surface area contributed by atoms with Crippen LogP contribution in [0.3, 0.4) is 0 Å². The van der Waals surface area contributed by atoms with Gasteiger partial charge in [0.2, 0.25) is 0 Å². The van der Waals surface area contributed by atoms with Crippen molar-refractivity contribution in [2.75, 3.05) is 7.11 Å². The second-order valence-electron chi connectivity index (χ2n) is 6.08. The van der Waals surface area contributed by atoms with Crippen LogP contribution in [0.2, 0.25) is 0 Å². The summed E-state index contributed by atoms with van der Waals surface area (Å²) in [6.07, 6.45) is 0.660. The SMILES string of the molecule is COc1ccc(C=O)cc1OP(=O)(OCc1ccccc1)OCc1ccccc1. The first kappa shape index (κ1) is 20.8. The van der Waals surface area contributed by atoms with Gasteiger partial charge in [-0.25, -0.2) is 4.57 Å². The van der Waals surface area contributed by atoms with E-state index in [9.17, 15) is 9.36 Å². The van der Waals surface area contributed by atoms with Crippen molar-refractivity contribution in [2.24, 2.45) is 0 Å². The minimum Gasteiger partial charge on any atom is -0.493 e. The molecule has 3 aromatic carbocycles. The molecule has 7 heteroatoms. The number of hydrogen-bond acceptors (Lipinski definition) is 6. The molecular weight excluding hydrogens is 391 g/mol. The summed E-state index contributed by atoms with van der Waals surface area (Å²) in [5, 5.41) is 0. The summed E-state index contributed by atoms with van der Waals surface area (Å²) in [6.45, 7) is 0.0607. The molecule has 0 aliphatic rings. The van der Waals surface area contributed by atoms with Crippen molar-refractivity contribution in [3.05, 3.63) is 95.6 Å². The number of carbonyl (C=O) groups excluding carboxylic acids is 1. The van der Waals surface area contributed by atoms with Gasteiger partial charge in [-0.15, -0.1) is 0 Å². The standard InChI is InChI=1S/C22H21O6P/c1-25-21-13-12-20(15-23)14-22(21)28-29(24,26-16-18-8-4-2-5-9-18)27-17-19-10-6-3-7-11-19/h2-15H,16-17H2,1H3. The third-order valence-corrected chi connectivity index (χ3v) is 5.31. The van der Waals surface area contributed by atoms with E-state index in [0.29, 0.717) is 17.6 Å². The molecule has 0 atom stereocenters. The molecule has 0 aromatic heterocycles. The zero-order valence-corrected chi connectivity index (χ0v) is 16.8. The maximum Gasteiger partial charge on any atom is 0.530 e. The van der Waals surface area contributed by atoms with Crippen LogP contribution < -0.4 is 9.26 Å². The average molecular weight is 412 g/mol. The largest absolute Gasteiger partial charge is 0.530 e. The maximum atomic E-state index is 13.4. The molecule has 0 saturated carbocycles. The van der Waals surface area contributed by atoms with E-state index in [0.717, 1.165) is 11.1 Å². The Kier molecular flexibility index (Phi) is 7.19. The lowest BCUT2D eigenvalue weighted by atomic mass is 10.2. The summed E-state index contributed by atoms with van der Waals surface area (Å²) < 4.78 is 35.4. The van der Waals surface area contributed by atoms with Crippen LogP contribution in [0.25, 0.3) is 0 Å². The van der Waals surface area contributed by atoms with E-state index in [2.05, 4.69) is 0 Å². The monoisotopic (exact) mass is 412 g/mol. The van der Waals surface area contributed by atoms with E-state index in [1.165, 1.54) is 13.2 Å². The highest BCUT2D eigenvalue weighted by Crippen LogP contribution is 2.52. The van der Waals surface area contributed by atoms with Crippen molar-refractivity contribution in [1.82, 2.24) is 0 Å². The summed E-state index contributed by atoms with van der Waals surface area (Å²) in [5.74, 6) is 0.406. The van der Waals surface area contributed by atoms with Gasteiger partial charge in [-0.1, -0.05) is 60.7 Å². The Morgan fingerprint density at radius 1 is 0.793 bits per heavy atom. The minimum absolute atomic E-state index is 0.0304. The lowest BCUT2D eigenvalue weighted by Gasteiger charge is -2.20. The lowest BCUT2D eigenvalue weighted by molar-refractivity contribution is 0.112. The molecule has 0 aliphatic carbocycles. The molecule has 0 N–H and O–H groups in total. The van der Waals surface area contributed by atoms with E-state index >= 15 is 0 Å². The van der Waals surface area contributed by atoms with Gasteiger partial charge < -0.3 is 9.26 Å². The van der Waals surface area contributed by atoms with Crippen LogP contribution in [0.5, 0.6) is 11.5 Å². The number of methoxy groups -OCH3 is 1.